The Labute approximate surface area is 262 Å². The zero-order chi connectivity index (χ0) is 30.1. The summed E-state index contributed by atoms with van der Waals surface area (Å²) in [6.45, 7) is 1.92. The van der Waals surface area contributed by atoms with Gasteiger partial charge in [-0.25, -0.2) is 0 Å². The first-order valence-corrected chi connectivity index (χ1v) is 16.0. The van der Waals surface area contributed by atoms with E-state index in [2.05, 4.69) is 34.7 Å². The topological polar surface area (TPSA) is 91.0 Å². The molecule has 3 heterocycles. The van der Waals surface area contributed by atoms with Gasteiger partial charge in [-0.1, -0.05) is 84.9 Å². The number of nitrogens with one attached hydrogen (secondary N) is 2. The Morgan fingerprint density at radius 3 is 2.49 bits per heavy atom. The van der Waals surface area contributed by atoms with Crippen molar-refractivity contribution in [3.05, 3.63) is 76.3 Å². The number of carbonyl (C=O) groups is 3. The molecule has 1 saturated carbocycles. The monoisotopic (exact) mass is 624 g/mol. The van der Waals surface area contributed by atoms with Crippen molar-refractivity contribution in [2.24, 2.45) is 11.8 Å². The Morgan fingerprint density at radius 2 is 1.77 bits per heavy atom. The average Bonchev–Trinajstić information content (AvgIpc) is 3.61. The first-order chi connectivity index (χ1) is 20.7. The molecule has 43 heavy (non-hydrogen) atoms. The lowest BCUT2D eigenvalue weighted by Crippen LogP contribution is -2.56. The molecular formula is C33H38Cl2N4O4. The average molecular weight is 626 g/mol. The molecular weight excluding hydrogens is 587 g/mol. The van der Waals surface area contributed by atoms with Crippen LogP contribution in [0.15, 0.2) is 60.7 Å². The first-order valence-electron chi connectivity index (χ1n) is 15.2. The number of anilines is 1. The van der Waals surface area contributed by atoms with E-state index in [0.717, 1.165) is 38.8 Å². The molecule has 4 aliphatic rings. The standard InChI is InChI=1S/C33H38Cl2N4O4/c1-38(20-21-9-4-2-5-10-21)15-8-16-39-29(31(41)36-24-11-6-3-7-12-24)33-14-13-26(43-33)27(28(33)32(39)42)30(40)37-25-18-22(34)17-23(35)19-25/h2,4-5,9-10,13-14,17-19,24,26-29H,3,6-8,11-12,15-16,20H2,1H3,(H,36,41)(H,37,40)/t26-,27+,28-,29-,33+/m1/s1. The van der Waals surface area contributed by atoms with Gasteiger partial charge in [0.25, 0.3) is 0 Å². The number of benzene rings is 2. The van der Waals surface area contributed by atoms with E-state index in [1.807, 2.05) is 30.4 Å². The molecule has 0 aromatic heterocycles. The number of carbonyl (C=O) groups excluding carboxylic acids is 3. The second-order valence-corrected chi connectivity index (χ2v) is 13.2. The molecule has 1 spiro atoms. The van der Waals surface area contributed by atoms with Crippen LogP contribution in [0.4, 0.5) is 5.69 Å². The lowest BCUT2D eigenvalue weighted by molar-refractivity contribution is -0.141. The molecule has 2 saturated heterocycles. The number of ether oxygens (including phenoxy) is 1. The van der Waals surface area contributed by atoms with E-state index in [9.17, 15) is 14.4 Å². The highest BCUT2D eigenvalue weighted by atomic mass is 35.5. The second-order valence-electron chi connectivity index (χ2n) is 12.3. The molecule has 8 nitrogen and oxygen atoms in total. The second kappa shape index (κ2) is 12.6. The zero-order valence-electron chi connectivity index (χ0n) is 24.3. The van der Waals surface area contributed by atoms with Crippen LogP contribution in [0.25, 0.3) is 0 Å². The van der Waals surface area contributed by atoms with Gasteiger partial charge in [0.15, 0.2) is 0 Å². The summed E-state index contributed by atoms with van der Waals surface area (Å²) in [4.78, 5) is 45.8. The number of halogens is 2. The van der Waals surface area contributed by atoms with E-state index in [1.54, 1.807) is 23.1 Å². The number of amides is 3. The van der Waals surface area contributed by atoms with Crippen molar-refractivity contribution in [2.75, 3.05) is 25.5 Å². The molecule has 10 heteroatoms. The zero-order valence-corrected chi connectivity index (χ0v) is 25.8. The number of hydrogen-bond acceptors (Lipinski definition) is 5. The molecule has 2 aromatic rings. The number of hydrogen-bond donors (Lipinski definition) is 2. The van der Waals surface area contributed by atoms with Crippen molar-refractivity contribution in [3.8, 4) is 0 Å². The van der Waals surface area contributed by atoms with Gasteiger partial charge in [-0.05, 0) is 56.6 Å². The van der Waals surface area contributed by atoms with E-state index in [-0.39, 0.29) is 23.8 Å². The molecule has 2 aromatic carbocycles. The lowest BCUT2D eigenvalue weighted by Gasteiger charge is -2.34. The summed E-state index contributed by atoms with van der Waals surface area (Å²) >= 11 is 12.3. The van der Waals surface area contributed by atoms with E-state index in [0.29, 0.717) is 28.7 Å². The van der Waals surface area contributed by atoms with Crippen molar-refractivity contribution in [1.82, 2.24) is 15.1 Å². The summed E-state index contributed by atoms with van der Waals surface area (Å²) in [5.41, 5.74) is 0.467. The van der Waals surface area contributed by atoms with E-state index >= 15 is 0 Å². The minimum absolute atomic E-state index is 0.0833. The number of fused-ring (bicyclic) bond motifs is 1. The van der Waals surface area contributed by atoms with Crippen LogP contribution in [0.5, 0.6) is 0 Å². The minimum Gasteiger partial charge on any atom is -0.359 e. The van der Waals surface area contributed by atoms with Crippen LogP contribution in [0.1, 0.15) is 44.1 Å². The molecule has 3 fully saturated rings. The Hall–Kier alpha value is -2.91. The highest BCUT2D eigenvalue weighted by molar-refractivity contribution is 6.35. The van der Waals surface area contributed by atoms with E-state index < -0.39 is 29.6 Å². The van der Waals surface area contributed by atoms with Gasteiger partial charge in [-0.15, -0.1) is 0 Å². The molecule has 1 aliphatic carbocycles. The highest BCUT2D eigenvalue weighted by Crippen LogP contribution is 2.55. The summed E-state index contributed by atoms with van der Waals surface area (Å²) in [5, 5.41) is 6.91. The third kappa shape index (κ3) is 6.07. The van der Waals surface area contributed by atoms with Crippen LogP contribution < -0.4 is 10.6 Å². The minimum atomic E-state index is -1.19. The van der Waals surface area contributed by atoms with E-state index in [1.165, 1.54) is 12.0 Å². The van der Waals surface area contributed by atoms with Crippen LogP contribution in [0.3, 0.4) is 0 Å². The number of rotatable bonds is 10. The fourth-order valence-corrected chi connectivity index (χ4v) is 7.90. The normalized spacial score (nSPS) is 28.0. The number of likely N-dealkylation sites (tertiary alicyclic amines) is 1. The summed E-state index contributed by atoms with van der Waals surface area (Å²) < 4.78 is 6.47. The Morgan fingerprint density at radius 1 is 1.05 bits per heavy atom. The van der Waals surface area contributed by atoms with Gasteiger partial charge in [0, 0.05) is 34.9 Å². The van der Waals surface area contributed by atoms with Crippen molar-refractivity contribution in [3.63, 3.8) is 0 Å². The van der Waals surface area contributed by atoms with E-state index in [4.69, 9.17) is 27.9 Å². The molecule has 0 radical (unpaired) electrons. The SMILES string of the molecule is CN(CCCN1C(=O)[C@H]2[C@@H](C(=O)Nc3cc(Cl)cc(Cl)c3)[C@H]3C=C[C@@]2(O3)[C@H]1C(=O)NC1CCCCC1)Cc1ccccc1. The molecule has 228 valence electrons. The van der Waals surface area contributed by atoms with Gasteiger partial charge >= 0.3 is 0 Å². The molecule has 6 rings (SSSR count). The van der Waals surface area contributed by atoms with Crippen molar-refractivity contribution in [2.45, 2.75) is 68.9 Å². The summed E-state index contributed by atoms with van der Waals surface area (Å²) in [6, 6.07) is 14.3. The van der Waals surface area contributed by atoms with Gasteiger partial charge in [-0.3, -0.25) is 14.4 Å². The predicted octanol–water partition coefficient (Wildman–Crippen LogP) is 5.05. The van der Waals surface area contributed by atoms with Crippen molar-refractivity contribution < 1.29 is 19.1 Å². The molecule has 2 N–H and O–H groups in total. The third-order valence-electron chi connectivity index (χ3n) is 9.24. The summed E-state index contributed by atoms with van der Waals surface area (Å²) in [6.07, 6.45) is 8.94. The first kappa shape index (κ1) is 30.1. The number of nitrogens with zero attached hydrogens (tertiary/aromatic N) is 2. The van der Waals surface area contributed by atoms with Gasteiger partial charge in [-0.2, -0.15) is 0 Å². The maximum atomic E-state index is 14.2. The van der Waals surface area contributed by atoms with Crippen LogP contribution >= 0.6 is 23.2 Å². The Balaban J connectivity index is 1.22. The quantitative estimate of drug-likeness (QED) is 0.361. The molecule has 5 atom stereocenters. The summed E-state index contributed by atoms with van der Waals surface area (Å²) in [5.74, 6) is -2.37. The smallest absolute Gasteiger partial charge is 0.246 e. The van der Waals surface area contributed by atoms with Gasteiger partial charge in [0.1, 0.15) is 11.6 Å². The highest BCUT2D eigenvalue weighted by Gasteiger charge is 2.72. The lowest BCUT2D eigenvalue weighted by atomic mass is 9.74. The van der Waals surface area contributed by atoms with Crippen LogP contribution in [-0.2, 0) is 25.7 Å². The van der Waals surface area contributed by atoms with Crippen LogP contribution in [0.2, 0.25) is 10.0 Å². The van der Waals surface area contributed by atoms with Gasteiger partial charge in [0.05, 0.1) is 17.9 Å². The third-order valence-corrected chi connectivity index (χ3v) is 9.68. The molecule has 3 amide bonds. The van der Waals surface area contributed by atoms with Gasteiger partial charge < -0.3 is 25.2 Å². The molecule has 3 aliphatic heterocycles. The van der Waals surface area contributed by atoms with Crippen LogP contribution in [0, 0.1) is 11.8 Å². The predicted molar refractivity (Wildman–Crippen MR) is 167 cm³/mol. The Bertz CT molecular complexity index is 1380. The maximum Gasteiger partial charge on any atom is 0.246 e. The van der Waals surface area contributed by atoms with Crippen molar-refractivity contribution >= 4 is 46.6 Å². The molecule has 0 unspecified atom stereocenters. The maximum absolute atomic E-state index is 14.2. The van der Waals surface area contributed by atoms with Crippen molar-refractivity contribution in [1.29, 1.82) is 0 Å². The fraction of sp³-hybridized carbons (Fsp3) is 0.485. The fourth-order valence-electron chi connectivity index (χ4n) is 7.37. The largest absolute Gasteiger partial charge is 0.359 e. The van der Waals surface area contributed by atoms with Crippen LogP contribution in [-0.4, -0.2) is 71.4 Å². The Kier molecular flexibility index (Phi) is 8.83. The van der Waals surface area contributed by atoms with Gasteiger partial charge in [0.2, 0.25) is 17.7 Å². The summed E-state index contributed by atoms with van der Waals surface area (Å²) in [7, 11) is 2.05. The molecule has 2 bridgehead atoms.